The number of nitrogen functional groups attached to an aromatic ring is 1. The van der Waals surface area contributed by atoms with Crippen molar-refractivity contribution in [3.8, 4) is 6.07 Å². The number of nitriles is 1. The summed E-state index contributed by atoms with van der Waals surface area (Å²) in [5, 5.41) is 11.7. The van der Waals surface area contributed by atoms with Crippen LogP contribution in [0.2, 0.25) is 0 Å². The zero-order valence-electron chi connectivity index (χ0n) is 10.7. The molecule has 3 N–H and O–H groups in total. The molecule has 5 nitrogen and oxygen atoms in total. The van der Waals surface area contributed by atoms with Crippen molar-refractivity contribution in [1.29, 1.82) is 5.26 Å². The monoisotopic (exact) mass is 246 g/mol. The van der Waals surface area contributed by atoms with Crippen LogP contribution in [0.4, 0.5) is 11.4 Å². The van der Waals surface area contributed by atoms with Gasteiger partial charge < -0.3 is 16.0 Å². The van der Waals surface area contributed by atoms with E-state index in [1.807, 2.05) is 19.9 Å². The van der Waals surface area contributed by atoms with Gasteiger partial charge in [-0.3, -0.25) is 4.79 Å². The number of nitrogens with one attached hydrogen (secondary N) is 1. The van der Waals surface area contributed by atoms with E-state index < -0.39 is 0 Å². The molecule has 0 radical (unpaired) electrons. The first-order chi connectivity index (χ1) is 8.62. The Morgan fingerprint density at radius 3 is 2.61 bits per heavy atom. The van der Waals surface area contributed by atoms with Gasteiger partial charge in [0.15, 0.2) is 0 Å². The van der Waals surface area contributed by atoms with Crippen LogP contribution in [0.15, 0.2) is 18.2 Å². The van der Waals surface area contributed by atoms with E-state index in [4.69, 9.17) is 11.0 Å². The van der Waals surface area contributed by atoms with Crippen molar-refractivity contribution in [1.82, 2.24) is 4.90 Å². The summed E-state index contributed by atoms with van der Waals surface area (Å²) in [6.45, 7) is 5.48. The second kappa shape index (κ2) is 6.50. The summed E-state index contributed by atoms with van der Waals surface area (Å²) in [5.41, 5.74) is 7.44. The molecule has 0 heterocycles. The van der Waals surface area contributed by atoms with Gasteiger partial charge in [-0.25, -0.2) is 0 Å². The van der Waals surface area contributed by atoms with E-state index in [1.165, 1.54) is 0 Å². The lowest BCUT2D eigenvalue weighted by Crippen LogP contribution is -2.35. The zero-order chi connectivity index (χ0) is 13.5. The van der Waals surface area contributed by atoms with Crippen molar-refractivity contribution in [2.75, 3.05) is 30.7 Å². The van der Waals surface area contributed by atoms with Crippen LogP contribution in [0.25, 0.3) is 0 Å². The van der Waals surface area contributed by atoms with Crippen molar-refractivity contribution < 1.29 is 4.79 Å². The summed E-state index contributed by atoms with van der Waals surface area (Å²) in [7, 11) is 0. The number of rotatable bonds is 5. The van der Waals surface area contributed by atoms with Crippen LogP contribution in [-0.4, -0.2) is 30.4 Å². The molecule has 0 spiro atoms. The molecule has 0 aliphatic carbocycles. The summed E-state index contributed by atoms with van der Waals surface area (Å²) >= 11 is 0. The van der Waals surface area contributed by atoms with E-state index in [-0.39, 0.29) is 12.5 Å². The van der Waals surface area contributed by atoms with E-state index in [1.54, 1.807) is 23.1 Å². The number of anilines is 2. The molecule has 5 heteroatoms. The topological polar surface area (TPSA) is 82.2 Å². The molecule has 1 amide bonds. The molecule has 1 aromatic rings. The second-order valence-corrected chi connectivity index (χ2v) is 3.83. The lowest BCUT2D eigenvalue weighted by atomic mass is 10.2. The normalized spacial score (nSPS) is 9.61. The lowest BCUT2D eigenvalue weighted by molar-refractivity contribution is -0.128. The Balaban J connectivity index is 2.64. The highest BCUT2D eigenvalue weighted by atomic mass is 16.2. The number of likely N-dealkylation sites (N-methyl/N-ethyl adjacent to an activating group) is 1. The highest BCUT2D eigenvalue weighted by Gasteiger charge is 2.09. The fourth-order valence-electron chi connectivity index (χ4n) is 1.65. The van der Waals surface area contributed by atoms with Crippen molar-refractivity contribution in [3.63, 3.8) is 0 Å². The van der Waals surface area contributed by atoms with Gasteiger partial charge in [-0.1, -0.05) is 0 Å². The van der Waals surface area contributed by atoms with E-state index in [2.05, 4.69) is 5.32 Å². The number of hydrogen-bond donors (Lipinski definition) is 2. The Morgan fingerprint density at radius 2 is 2.11 bits per heavy atom. The smallest absolute Gasteiger partial charge is 0.241 e. The highest BCUT2D eigenvalue weighted by molar-refractivity contribution is 5.82. The summed E-state index contributed by atoms with van der Waals surface area (Å²) in [5.74, 6) is 0.0313. The minimum atomic E-state index is 0.0313. The number of amides is 1. The van der Waals surface area contributed by atoms with Gasteiger partial charge in [-0.05, 0) is 32.0 Å². The first-order valence-corrected chi connectivity index (χ1v) is 5.93. The maximum absolute atomic E-state index is 11.8. The molecule has 0 aliphatic heterocycles. The van der Waals surface area contributed by atoms with Gasteiger partial charge in [0.2, 0.25) is 5.91 Å². The number of nitrogens with two attached hydrogens (primary N) is 1. The summed E-state index contributed by atoms with van der Waals surface area (Å²) in [6, 6.07) is 6.98. The van der Waals surface area contributed by atoms with Crippen molar-refractivity contribution in [3.05, 3.63) is 23.8 Å². The highest BCUT2D eigenvalue weighted by Crippen LogP contribution is 2.19. The van der Waals surface area contributed by atoms with Gasteiger partial charge in [-0.2, -0.15) is 5.26 Å². The molecular weight excluding hydrogens is 228 g/mol. The van der Waals surface area contributed by atoms with Crippen molar-refractivity contribution in [2.45, 2.75) is 13.8 Å². The Bertz CT molecular complexity index is 461. The molecule has 1 rings (SSSR count). The van der Waals surface area contributed by atoms with Crippen LogP contribution < -0.4 is 11.1 Å². The Labute approximate surface area is 107 Å². The molecule has 0 saturated heterocycles. The van der Waals surface area contributed by atoms with Crippen LogP contribution in [-0.2, 0) is 4.79 Å². The third kappa shape index (κ3) is 3.39. The second-order valence-electron chi connectivity index (χ2n) is 3.83. The van der Waals surface area contributed by atoms with Gasteiger partial charge >= 0.3 is 0 Å². The number of hydrogen-bond acceptors (Lipinski definition) is 4. The SMILES string of the molecule is CCN(CC)C(=O)CNc1ccc(C#N)cc1N. The zero-order valence-corrected chi connectivity index (χ0v) is 10.7. The van der Waals surface area contributed by atoms with Crippen molar-refractivity contribution >= 4 is 17.3 Å². The van der Waals surface area contributed by atoms with E-state index in [0.29, 0.717) is 30.0 Å². The minimum Gasteiger partial charge on any atom is -0.397 e. The molecule has 96 valence electrons. The fraction of sp³-hybridized carbons (Fsp3) is 0.385. The van der Waals surface area contributed by atoms with Gasteiger partial charge in [-0.15, -0.1) is 0 Å². The van der Waals surface area contributed by atoms with Crippen LogP contribution >= 0.6 is 0 Å². The maximum Gasteiger partial charge on any atom is 0.241 e. The maximum atomic E-state index is 11.8. The molecule has 0 fully saturated rings. The molecule has 0 bridgehead atoms. The third-order valence-electron chi connectivity index (χ3n) is 2.73. The third-order valence-corrected chi connectivity index (χ3v) is 2.73. The predicted molar refractivity (Wildman–Crippen MR) is 72.0 cm³/mol. The fourth-order valence-corrected chi connectivity index (χ4v) is 1.65. The lowest BCUT2D eigenvalue weighted by Gasteiger charge is -2.19. The van der Waals surface area contributed by atoms with Crippen LogP contribution in [0.3, 0.4) is 0 Å². The molecule has 0 aliphatic rings. The molecule has 0 atom stereocenters. The number of nitrogens with zero attached hydrogens (tertiary/aromatic N) is 2. The molecule has 0 aromatic heterocycles. The van der Waals surface area contributed by atoms with Gasteiger partial charge in [0, 0.05) is 13.1 Å². The molecule has 1 aromatic carbocycles. The van der Waals surface area contributed by atoms with E-state index in [0.717, 1.165) is 0 Å². The summed E-state index contributed by atoms with van der Waals surface area (Å²) in [4.78, 5) is 13.5. The molecule has 0 unspecified atom stereocenters. The standard InChI is InChI=1S/C13H18N4O/c1-3-17(4-2)13(18)9-16-12-6-5-10(8-14)7-11(12)15/h5-7,16H,3-4,9,15H2,1-2H3. The Morgan fingerprint density at radius 1 is 1.44 bits per heavy atom. The first kappa shape index (κ1) is 13.8. The van der Waals surface area contributed by atoms with E-state index >= 15 is 0 Å². The Hall–Kier alpha value is -2.22. The van der Waals surface area contributed by atoms with Gasteiger partial charge in [0.25, 0.3) is 0 Å². The largest absolute Gasteiger partial charge is 0.397 e. The Kier molecular flexibility index (Phi) is 5.00. The number of benzene rings is 1. The minimum absolute atomic E-state index is 0.0313. The number of carbonyl (C=O) groups excluding carboxylic acids is 1. The van der Waals surface area contributed by atoms with Crippen molar-refractivity contribution in [2.24, 2.45) is 0 Å². The average molecular weight is 246 g/mol. The quantitative estimate of drug-likeness (QED) is 0.770. The van der Waals surface area contributed by atoms with E-state index in [9.17, 15) is 4.79 Å². The van der Waals surface area contributed by atoms with Crippen LogP contribution in [0.5, 0.6) is 0 Å². The molecule has 0 saturated carbocycles. The van der Waals surface area contributed by atoms with Crippen LogP contribution in [0.1, 0.15) is 19.4 Å². The number of carbonyl (C=O) groups is 1. The van der Waals surface area contributed by atoms with Gasteiger partial charge in [0.05, 0.1) is 29.6 Å². The average Bonchev–Trinajstić information content (AvgIpc) is 2.38. The van der Waals surface area contributed by atoms with Gasteiger partial charge in [0.1, 0.15) is 0 Å². The van der Waals surface area contributed by atoms with Crippen LogP contribution in [0, 0.1) is 11.3 Å². The molecular formula is C13H18N4O. The molecule has 18 heavy (non-hydrogen) atoms. The summed E-state index contributed by atoms with van der Waals surface area (Å²) < 4.78 is 0. The first-order valence-electron chi connectivity index (χ1n) is 5.93. The summed E-state index contributed by atoms with van der Waals surface area (Å²) in [6.07, 6.45) is 0. The predicted octanol–water partition coefficient (Wildman–Crippen LogP) is 1.42.